The molecule has 0 heterocycles. The molecule has 19 heavy (non-hydrogen) atoms. The van der Waals surface area contributed by atoms with Gasteiger partial charge >= 0.3 is 0 Å². The molecular weight excluding hydrogens is 258 g/mol. The van der Waals surface area contributed by atoms with Gasteiger partial charge in [-0.05, 0) is 44.6 Å². The van der Waals surface area contributed by atoms with Gasteiger partial charge in [-0.15, -0.1) is 0 Å². The van der Waals surface area contributed by atoms with E-state index in [1.165, 1.54) is 6.42 Å². The van der Waals surface area contributed by atoms with Crippen LogP contribution in [-0.2, 0) is 9.84 Å². The van der Waals surface area contributed by atoms with E-state index in [4.69, 9.17) is 0 Å². The molecule has 0 aromatic rings. The summed E-state index contributed by atoms with van der Waals surface area (Å²) in [6.07, 6.45) is 7.21. The maximum Gasteiger partial charge on any atom is 0.157 e. The van der Waals surface area contributed by atoms with Crippen molar-refractivity contribution in [2.45, 2.75) is 75.3 Å². The second-order valence-electron chi connectivity index (χ2n) is 6.76. The minimum absolute atomic E-state index is 0.0713. The minimum Gasteiger partial charge on any atom is -0.316 e. The van der Waals surface area contributed by atoms with Crippen molar-refractivity contribution in [2.24, 2.45) is 11.8 Å². The molecule has 4 heteroatoms. The standard InChI is InChI=1S/C15H29NO2S/c1-11-9-12(2)15(14(10-11)16-3)19(17,18)13-7-5-4-6-8-13/h11-16H,4-10H2,1-3H3. The average molecular weight is 287 g/mol. The van der Waals surface area contributed by atoms with Crippen LogP contribution in [0.1, 0.15) is 58.8 Å². The predicted octanol–water partition coefficient (Wildman–Crippen LogP) is 2.76. The van der Waals surface area contributed by atoms with E-state index in [2.05, 4.69) is 19.2 Å². The maximum atomic E-state index is 13.0. The Kier molecular flexibility index (Phi) is 4.93. The summed E-state index contributed by atoms with van der Waals surface area (Å²) in [7, 11) is -1.07. The van der Waals surface area contributed by atoms with E-state index in [-0.39, 0.29) is 22.5 Å². The molecule has 2 aliphatic rings. The normalized spacial score (nSPS) is 38.3. The summed E-state index contributed by atoms with van der Waals surface area (Å²) in [5.74, 6) is 0.915. The third-order valence-corrected chi connectivity index (χ3v) is 8.11. The van der Waals surface area contributed by atoms with E-state index in [1.807, 2.05) is 7.05 Å². The smallest absolute Gasteiger partial charge is 0.157 e. The molecule has 1 N–H and O–H groups in total. The highest BCUT2D eigenvalue weighted by atomic mass is 32.2. The van der Waals surface area contributed by atoms with Crippen molar-refractivity contribution in [3.8, 4) is 0 Å². The summed E-state index contributed by atoms with van der Waals surface area (Å²) < 4.78 is 26.0. The van der Waals surface area contributed by atoms with Crippen molar-refractivity contribution in [1.29, 1.82) is 0 Å². The summed E-state index contributed by atoms with van der Waals surface area (Å²) in [5, 5.41) is 3.04. The zero-order valence-corrected chi connectivity index (χ0v) is 13.4. The molecule has 2 saturated carbocycles. The largest absolute Gasteiger partial charge is 0.316 e. The van der Waals surface area contributed by atoms with Crippen LogP contribution in [0.25, 0.3) is 0 Å². The van der Waals surface area contributed by atoms with E-state index < -0.39 is 9.84 Å². The van der Waals surface area contributed by atoms with Crippen molar-refractivity contribution in [1.82, 2.24) is 5.32 Å². The summed E-state index contributed by atoms with van der Waals surface area (Å²) in [6.45, 7) is 4.37. The highest BCUT2D eigenvalue weighted by molar-refractivity contribution is 7.92. The molecule has 0 spiro atoms. The first-order chi connectivity index (χ1) is 8.96. The van der Waals surface area contributed by atoms with Crippen LogP contribution in [0.2, 0.25) is 0 Å². The number of rotatable bonds is 3. The Balaban J connectivity index is 2.21. The zero-order chi connectivity index (χ0) is 14.0. The Hall–Kier alpha value is -0.0900. The quantitative estimate of drug-likeness (QED) is 0.868. The topological polar surface area (TPSA) is 46.2 Å². The lowest BCUT2D eigenvalue weighted by Crippen LogP contribution is -2.53. The van der Waals surface area contributed by atoms with E-state index >= 15 is 0 Å². The lowest BCUT2D eigenvalue weighted by molar-refractivity contribution is 0.247. The predicted molar refractivity (Wildman–Crippen MR) is 80.0 cm³/mol. The highest BCUT2D eigenvalue weighted by Gasteiger charge is 2.44. The van der Waals surface area contributed by atoms with Gasteiger partial charge in [0.1, 0.15) is 0 Å². The molecule has 0 bridgehead atoms. The fourth-order valence-corrected chi connectivity index (χ4v) is 7.18. The van der Waals surface area contributed by atoms with Gasteiger partial charge in [-0.1, -0.05) is 33.1 Å². The monoisotopic (exact) mass is 287 g/mol. The zero-order valence-electron chi connectivity index (χ0n) is 12.6. The summed E-state index contributed by atoms with van der Waals surface area (Å²) in [5.41, 5.74) is 0. The van der Waals surface area contributed by atoms with Crippen molar-refractivity contribution in [3.63, 3.8) is 0 Å². The van der Waals surface area contributed by atoms with Crippen LogP contribution in [0.4, 0.5) is 0 Å². The molecule has 2 fully saturated rings. The van der Waals surface area contributed by atoms with Crippen LogP contribution < -0.4 is 5.32 Å². The third kappa shape index (κ3) is 3.15. The van der Waals surface area contributed by atoms with Crippen LogP contribution in [0.5, 0.6) is 0 Å². The van der Waals surface area contributed by atoms with E-state index in [0.29, 0.717) is 5.92 Å². The van der Waals surface area contributed by atoms with E-state index in [0.717, 1.165) is 38.5 Å². The van der Waals surface area contributed by atoms with E-state index in [9.17, 15) is 8.42 Å². The van der Waals surface area contributed by atoms with Crippen LogP contribution in [-0.4, -0.2) is 32.0 Å². The number of hydrogen-bond acceptors (Lipinski definition) is 3. The van der Waals surface area contributed by atoms with Gasteiger partial charge in [-0.3, -0.25) is 0 Å². The molecule has 0 saturated heterocycles. The molecular formula is C15H29NO2S. The summed E-state index contributed by atoms with van der Waals surface area (Å²) >= 11 is 0. The fourth-order valence-electron chi connectivity index (χ4n) is 4.28. The molecule has 3 nitrogen and oxygen atoms in total. The molecule has 4 atom stereocenters. The van der Waals surface area contributed by atoms with Crippen LogP contribution >= 0.6 is 0 Å². The third-order valence-electron chi connectivity index (χ3n) is 5.15. The highest BCUT2D eigenvalue weighted by Crippen LogP contribution is 2.37. The Bertz CT molecular complexity index is 387. The molecule has 112 valence electrons. The Morgan fingerprint density at radius 3 is 2.21 bits per heavy atom. The van der Waals surface area contributed by atoms with Gasteiger partial charge in [0, 0.05) is 6.04 Å². The summed E-state index contributed by atoms with van der Waals surface area (Å²) in [4.78, 5) is 0. The van der Waals surface area contributed by atoms with Gasteiger partial charge in [-0.25, -0.2) is 8.42 Å². The van der Waals surface area contributed by atoms with Gasteiger partial charge in [0.05, 0.1) is 10.5 Å². The van der Waals surface area contributed by atoms with Crippen LogP contribution in [0.3, 0.4) is 0 Å². The average Bonchev–Trinajstić information content (AvgIpc) is 2.38. The molecule has 2 aliphatic carbocycles. The molecule has 0 amide bonds. The van der Waals surface area contributed by atoms with Gasteiger partial charge in [0.2, 0.25) is 0 Å². The van der Waals surface area contributed by atoms with Crippen LogP contribution in [0, 0.1) is 11.8 Å². The second kappa shape index (κ2) is 6.13. The first-order valence-electron chi connectivity index (χ1n) is 7.86. The Morgan fingerprint density at radius 2 is 1.63 bits per heavy atom. The maximum absolute atomic E-state index is 13.0. The number of hydrogen-bond donors (Lipinski definition) is 1. The van der Waals surface area contributed by atoms with Gasteiger partial charge < -0.3 is 5.32 Å². The SMILES string of the molecule is CNC1CC(C)CC(C)C1S(=O)(=O)C1CCCCC1. The van der Waals surface area contributed by atoms with Crippen LogP contribution in [0.15, 0.2) is 0 Å². The van der Waals surface area contributed by atoms with Crippen molar-refractivity contribution >= 4 is 9.84 Å². The Morgan fingerprint density at radius 1 is 1.00 bits per heavy atom. The molecule has 4 unspecified atom stereocenters. The van der Waals surface area contributed by atoms with Crippen molar-refractivity contribution in [3.05, 3.63) is 0 Å². The molecule has 0 aromatic heterocycles. The molecule has 2 rings (SSSR count). The van der Waals surface area contributed by atoms with Gasteiger partial charge in [0.15, 0.2) is 9.84 Å². The number of nitrogens with one attached hydrogen (secondary N) is 1. The van der Waals surface area contributed by atoms with Crippen molar-refractivity contribution < 1.29 is 8.42 Å². The Labute approximate surface area is 118 Å². The van der Waals surface area contributed by atoms with Gasteiger partial charge in [-0.2, -0.15) is 0 Å². The van der Waals surface area contributed by atoms with E-state index in [1.54, 1.807) is 0 Å². The molecule has 0 radical (unpaired) electrons. The summed E-state index contributed by atoms with van der Waals surface area (Å²) in [6, 6.07) is 0.144. The first-order valence-corrected chi connectivity index (χ1v) is 9.47. The second-order valence-corrected chi connectivity index (χ2v) is 9.15. The minimum atomic E-state index is -2.98. The van der Waals surface area contributed by atoms with Crippen molar-refractivity contribution in [2.75, 3.05) is 7.05 Å². The number of sulfone groups is 1. The molecule has 0 aliphatic heterocycles. The lowest BCUT2D eigenvalue weighted by atomic mass is 9.80. The fraction of sp³-hybridized carbons (Fsp3) is 1.00. The van der Waals surface area contributed by atoms with Gasteiger partial charge in [0.25, 0.3) is 0 Å². The molecule has 0 aromatic carbocycles. The lowest BCUT2D eigenvalue weighted by Gasteiger charge is -2.41. The first kappa shape index (κ1) is 15.3.